The number of nitrogens with zero attached hydrogens (tertiary/aromatic N) is 1. The molecule has 148 valence electrons. The zero-order valence-electron chi connectivity index (χ0n) is 14.4. The second kappa shape index (κ2) is 7.12. The van der Waals surface area contributed by atoms with Gasteiger partial charge in [-0.2, -0.15) is 13.2 Å². The molecule has 0 atom stereocenters. The molecule has 4 nitrogen and oxygen atoms in total. The summed E-state index contributed by atoms with van der Waals surface area (Å²) in [5, 5.41) is 3.94. The zero-order chi connectivity index (χ0) is 20.8. The fraction of sp³-hybridized carbons (Fsp3) is 0.0526. The number of nitrogen functional groups attached to an aromatic ring is 1. The minimum absolute atomic E-state index is 0.0185. The molecule has 0 saturated heterocycles. The smallest absolute Gasteiger partial charge is 0.397 e. The molecule has 29 heavy (non-hydrogen) atoms. The van der Waals surface area contributed by atoms with Gasteiger partial charge in [0.15, 0.2) is 0 Å². The Kier molecular flexibility index (Phi) is 4.75. The van der Waals surface area contributed by atoms with Gasteiger partial charge in [0.05, 0.1) is 21.8 Å². The SMILES string of the molecule is Nc1c(C(=O)Nc2ccc(F)cc2)sc2nc(-c3cccs3)cc(C(F)(F)F)c12. The first-order chi connectivity index (χ1) is 13.7. The Labute approximate surface area is 169 Å². The van der Waals surface area contributed by atoms with E-state index in [1.54, 1.807) is 17.5 Å². The minimum Gasteiger partial charge on any atom is -0.397 e. The molecule has 0 saturated carbocycles. The Bertz CT molecular complexity index is 1200. The number of anilines is 2. The molecule has 0 unspecified atom stereocenters. The van der Waals surface area contributed by atoms with Crippen LogP contribution in [0, 0.1) is 5.82 Å². The molecule has 3 N–H and O–H groups in total. The van der Waals surface area contributed by atoms with Crippen LogP contribution < -0.4 is 11.1 Å². The molecule has 0 aliphatic carbocycles. The van der Waals surface area contributed by atoms with Crippen molar-refractivity contribution in [1.29, 1.82) is 0 Å². The highest BCUT2D eigenvalue weighted by molar-refractivity contribution is 7.21. The predicted molar refractivity (Wildman–Crippen MR) is 107 cm³/mol. The van der Waals surface area contributed by atoms with E-state index in [2.05, 4.69) is 10.3 Å². The van der Waals surface area contributed by atoms with Crippen LogP contribution in [0.5, 0.6) is 0 Å². The number of fused-ring (bicyclic) bond motifs is 1. The van der Waals surface area contributed by atoms with Crippen LogP contribution in [0.3, 0.4) is 0 Å². The first-order valence-corrected chi connectivity index (χ1v) is 9.84. The van der Waals surface area contributed by atoms with E-state index in [9.17, 15) is 22.4 Å². The van der Waals surface area contributed by atoms with Crippen molar-refractivity contribution in [2.24, 2.45) is 0 Å². The number of halogens is 4. The summed E-state index contributed by atoms with van der Waals surface area (Å²) in [7, 11) is 0. The molecule has 3 aromatic heterocycles. The van der Waals surface area contributed by atoms with Crippen molar-refractivity contribution in [2.75, 3.05) is 11.1 Å². The average molecular weight is 437 g/mol. The molecule has 0 fully saturated rings. The van der Waals surface area contributed by atoms with Gasteiger partial charge in [-0.05, 0) is 41.8 Å². The predicted octanol–water partition coefficient (Wildman–Crippen LogP) is 6.02. The number of rotatable bonds is 3. The monoisotopic (exact) mass is 437 g/mol. The van der Waals surface area contributed by atoms with Crippen LogP contribution in [0.4, 0.5) is 28.9 Å². The molecule has 0 spiro atoms. The van der Waals surface area contributed by atoms with Crippen LogP contribution in [0.2, 0.25) is 0 Å². The second-order valence-electron chi connectivity index (χ2n) is 6.02. The summed E-state index contributed by atoms with van der Waals surface area (Å²) in [6.07, 6.45) is -4.67. The van der Waals surface area contributed by atoms with Gasteiger partial charge in [-0.15, -0.1) is 22.7 Å². The third-order valence-electron chi connectivity index (χ3n) is 4.09. The number of thiophene rings is 2. The highest BCUT2D eigenvalue weighted by Crippen LogP contribution is 2.44. The van der Waals surface area contributed by atoms with Crippen molar-refractivity contribution >= 4 is 50.2 Å². The van der Waals surface area contributed by atoms with Gasteiger partial charge >= 0.3 is 6.18 Å². The van der Waals surface area contributed by atoms with Gasteiger partial charge in [-0.25, -0.2) is 9.37 Å². The lowest BCUT2D eigenvalue weighted by atomic mass is 10.1. The first-order valence-electron chi connectivity index (χ1n) is 8.15. The number of nitrogens with one attached hydrogen (secondary N) is 1. The van der Waals surface area contributed by atoms with Gasteiger partial charge in [0.2, 0.25) is 0 Å². The first kappa shape index (κ1) is 19.3. The maximum Gasteiger partial charge on any atom is 0.417 e. The van der Waals surface area contributed by atoms with Crippen molar-refractivity contribution in [2.45, 2.75) is 6.18 Å². The highest BCUT2D eigenvalue weighted by atomic mass is 32.1. The molecule has 3 heterocycles. The number of nitrogens with two attached hydrogens (primary N) is 1. The van der Waals surface area contributed by atoms with Crippen molar-refractivity contribution in [3.63, 3.8) is 0 Å². The van der Waals surface area contributed by atoms with Crippen molar-refractivity contribution in [3.8, 4) is 10.6 Å². The molecule has 0 bridgehead atoms. The third-order valence-corrected chi connectivity index (χ3v) is 6.08. The maximum absolute atomic E-state index is 13.7. The fourth-order valence-corrected chi connectivity index (χ4v) is 4.49. The zero-order valence-corrected chi connectivity index (χ0v) is 16.0. The van der Waals surface area contributed by atoms with Crippen molar-refractivity contribution in [3.05, 3.63) is 64.1 Å². The summed E-state index contributed by atoms with van der Waals surface area (Å²) in [6, 6.07) is 9.30. The number of benzene rings is 1. The number of alkyl halides is 3. The van der Waals surface area contributed by atoms with Crippen LogP contribution in [0.15, 0.2) is 47.8 Å². The molecular formula is C19H11F4N3OS2. The molecular weight excluding hydrogens is 426 g/mol. The molecule has 0 radical (unpaired) electrons. The fourth-order valence-electron chi connectivity index (χ4n) is 2.78. The summed E-state index contributed by atoms with van der Waals surface area (Å²) in [5.74, 6) is -1.17. The van der Waals surface area contributed by atoms with E-state index in [4.69, 9.17) is 5.73 Å². The minimum atomic E-state index is -4.67. The van der Waals surface area contributed by atoms with Gasteiger partial charge in [0, 0.05) is 11.1 Å². The molecule has 10 heteroatoms. The Morgan fingerprint density at radius 2 is 1.86 bits per heavy atom. The number of carbonyl (C=O) groups is 1. The Morgan fingerprint density at radius 1 is 1.14 bits per heavy atom. The van der Waals surface area contributed by atoms with Crippen LogP contribution in [-0.4, -0.2) is 10.9 Å². The normalized spacial score (nSPS) is 11.7. The van der Waals surface area contributed by atoms with E-state index >= 15 is 0 Å². The third kappa shape index (κ3) is 3.68. The number of hydrogen-bond acceptors (Lipinski definition) is 5. The Balaban J connectivity index is 1.83. The molecule has 1 amide bonds. The highest BCUT2D eigenvalue weighted by Gasteiger charge is 2.36. The standard InChI is InChI=1S/C19H11F4N3OS2/c20-9-3-5-10(6-4-9)25-17(27)16-15(24)14-11(19(21,22)23)8-12(26-18(14)29-16)13-2-1-7-28-13/h1-8H,24H2,(H,25,27). The summed E-state index contributed by atoms with van der Waals surface area (Å²) >= 11 is 2.04. The molecule has 4 aromatic rings. The van der Waals surface area contributed by atoms with E-state index < -0.39 is 23.5 Å². The van der Waals surface area contributed by atoms with E-state index in [0.29, 0.717) is 4.88 Å². The van der Waals surface area contributed by atoms with Gasteiger partial charge in [0.25, 0.3) is 5.91 Å². The molecule has 0 aliphatic rings. The van der Waals surface area contributed by atoms with E-state index in [1.165, 1.54) is 23.5 Å². The topological polar surface area (TPSA) is 68.0 Å². The van der Waals surface area contributed by atoms with Crippen LogP contribution in [-0.2, 0) is 6.18 Å². The van der Waals surface area contributed by atoms with Crippen molar-refractivity contribution < 1.29 is 22.4 Å². The number of aromatic nitrogens is 1. The Morgan fingerprint density at radius 3 is 2.48 bits per heavy atom. The Hall–Kier alpha value is -2.98. The van der Waals surface area contributed by atoms with E-state index in [0.717, 1.165) is 29.5 Å². The molecule has 1 aromatic carbocycles. The number of carbonyl (C=O) groups excluding carboxylic acids is 1. The van der Waals surface area contributed by atoms with Gasteiger partial charge in [0.1, 0.15) is 15.5 Å². The van der Waals surface area contributed by atoms with E-state index in [1.807, 2.05) is 0 Å². The van der Waals surface area contributed by atoms with E-state index in [-0.39, 0.29) is 32.2 Å². The van der Waals surface area contributed by atoms with Gasteiger partial charge < -0.3 is 11.1 Å². The van der Waals surface area contributed by atoms with Gasteiger partial charge in [-0.3, -0.25) is 4.79 Å². The lowest BCUT2D eigenvalue weighted by Crippen LogP contribution is -2.12. The van der Waals surface area contributed by atoms with Crippen LogP contribution >= 0.6 is 22.7 Å². The summed E-state index contributed by atoms with van der Waals surface area (Å²) in [5.41, 5.74) is 5.15. The number of pyridine rings is 1. The van der Waals surface area contributed by atoms with Crippen LogP contribution in [0.25, 0.3) is 20.8 Å². The summed E-state index contributed by atoms with van der Waals surface area (Å²) in [4.78, 5) is 17.4. The van der Waals surface area contributed by atoms with Gasteiger partial charge in [-0.1, -0.05) is 6.07 Å². The largest absolute Gasteiger partial charge is 0.417 e. The quantitative estimate of drug-likeness (QED) is 0.385. The average Bonchev–Trinajstić information content (AvgIpc) is 3.30. The lowest BCUT2D eigenvalue weighted by Gasteiger charge is -2.10. The molecule has 4 rings (SSSR count). The second-order valence-corrected chi connectivity index (χ2v) is 7.96. The number of amides is 1. The lowest BCUT2D eigenvalue weighted by molar-refractivity contribution is -0.136. The maximum atomic E-state index is 13.7. The van der Waals surface area contributed by atoms with Crippen molar-refractivity contribution in [1.82, 2.24) is 4.98 Å². The molecule has 0 aliphatic heterocycles. The van der Waals surface area contributed by atoms with Crippen LogP contribution in [0.1, 0.15) is 15.2 Å². The summed E-state index contributed by atoms with van der Waals surface area (Å²) < 4.78 is 54.1. The number of hydrogen-bond donors (Lipinski definition) is 2. The summed E-state index contributed by atoms with van der Waals surface area (Å²) in [6.45, 7) is 0.